The molecular weight excluding hydrogens is 242 g/mol. The van der Waals surface area contributed by atoms with Gasteiger partial charge in [0.25, 0.3) is 0 Å². The molecule has 0 bridgehead atoms. The predicted octanol–water partition coefficient (Wildman–Crippen LogP) is 1.71. The molecule has 0 aliphatic carbocycles. The molecule has 0 atom stereocenters. The number of nitrogens with one attached hydrogen (secondary N) is 2. The minimum Gasteiger partial charge on any atom is -0.370 e. The summed E-state index contributed by atoms with van der Waals surface area (Å²) in [5, 5.41) is 6.49. The number of nitrogens with zero attached hydrogens (tertiary/aromatic N) is 2. The summed E-state index contributed by atoms with van der Waals surface area (Å²) in [5.41, 5.74) is 6.18. The highest BCUT2D eigenvalue weighted by atomic mass is 16.1. The van der Waals surface area contributed by atoms with E-state index in [4.69, 9.17) is 5.73 Å². The van der Waals surface area contributed by atoms with Crippen molar-refractivity contribution in [1.82, 2.24) is 9.97 Å². The molecule has 0 aromatic carbocycles. The fraction of sp³-hybridized carbons (Fsp3) is 0.615. The Morgan fingerprint density at radius 1 is 1.32 bits per heavy atom. The van der Waals surface area contributed by atoms with Gasteiger partial charge in [0.1, 0.15) is 18.0 Å². The quantitative estimate of drug-likeness (QED) is 0.622. The van der Waals surface area contributed by atoms with Gasteiger partial charge in [0.2, 0.25) is 5.91 Å². The highest BCUT2D eigenvalue weighted by molar-refractivity contribution is 5.73. The highest BCUT2D eigenvalue weighted by Gasteiger charge is 2.14. The molecule has 4 N–H and O–H groups in total. The Morgan fingerprint density at radius 3 is 2.47 bits per heavy atom. The van der Waals surface area contributed by atoms with Gasteiger partial charge in [-0.25, -0.2) is 9.97 Å². The number of primary amides is 1. The van der Waals surface area contributed by atoms with Crippen molar-refractivity contribution in [1.29, 1.82) is 0 Å². The molecule has 1 amide bonds. The van der Waals surface area contributed by atoms with Crippen LogP contribution in [0.1, 0.15) is 45.1 Å². The molecule has 0 radical (unpaired) electrons. The Bertz CT molecular complexity index is 419. The molecule has 0 aliphatic heterocycles. The maximum atomic E-state index is 10.7. The summed E-state index contributed by atoms with van der Waals surface area (Å²) in [6.07, 6.45) is 2.63. The van der Waals surface area contributed by atoms with Crippen LogP contribution in [0.2, 0.25) is 0 Å². The number of carbonyl (C=O) groups excluding carboxylic acids is 1. The summed E-state index contributed by atoms with van der Waals surface area (Å²) in [5.74, 6) is 1.73. The first-order valence-electron chi connectivity index (χ1n) is 6.67. The van der Waals surface area contributed by atoms with E-state index in [-0.39, 0.29) is 5.91 Å². The second kappa shape index (κ2) is 7.56. The Hall–Kier alpha value is -1.85. The van der Waals surface area contributed by atoms with Crippen molar-refractivity contribution in [3.8, 4) is 0 Å². The molecule has 0 aliphatic rings. The zero-order valence-electron chi connectivity index (χ0n) is 11.9. The van der Waals surface area contributed by atoms with E-state index in [2.05, 4.69) is 34.4 Å². The lowest BCUT2D eigenvalue weighted by Gasteiger charge is -2.17. The molecule has 1 aromatic rings. The van der Waals surface area contributed by atoms with Crippen molar-refractivity contribution in [2.45, 2.75) is 39.5 Å². The fourth-order valence-corrected chi connectivity index (χ4v) is 1.86. The van der Waals surface area contributed by atoms with Gasteiger partial charge < -0.3 is 16.4 Å². The Balaban J connectivity index is 2.75. The minimum absolute atomic E-state index is 0.276. The topological polar surface area (TPSA) is 92.9 Å². The van der Waals surface area contributed by atoms with Crippen LogP contribution >= 0.6 is 0 Å². The number of anilines is 2. The van der Waals surface area contributed by atoms with Crippen molar-refractivity contribution >= 4 is 17.5 Å². The molecule has 6 nitrogen and oxygen atoms in total. The van der Waals surface area contributed by atoms with Crippen LogP contribution < -0.4 is 16.4 Å². The average Bonchev–Trinajstić information content (AvgIpc) is 2.34. The van der Waals surface area contributed by atoms with E-state index in [1.165, 1.54) is 0 Å². The lowest BCUT2D eigenvalue weighted by atomic mass is 10.0. The number of rotatable bonds is 8. The molecule has 1 rings (SSSR count). The van der Waals surface area contributed by atoms with Crippen LogP contribution in [0.4, 0.5) is 11.6 Å². The van der Waals surface area contributed by atoms with Gasteiger partial charge in [-0.05, 0) is 19.3 Å². The third kappa shape index (κ3) is 4.73. The first-order valence-corrected chi connectivity index (χ1v) is 6.67. The summed E-state index contributed by atoms with van der Waals surface area (Å²) in [4.78, 5) is 19.2. The normalized spacial score (nSPS) is 10.5. The lowest BCUT2D eigenvalue weighted by molar-refractivity contribution is -0.118. The maximum Gasteiger partial charge on any atom is 0.217 e. The van der Waals surface area contributed by atoms with E-state index in [0.29, 0.717) is 25.3 Å². The van der Waals surface area contributed by atoms with Gasteiger partial charge in [0, 0.05) is 25.1 Å². The predicted molar refractivity (Wildman–Crippen MR) is 77.2 cm³/mol. The van der Waals surface area contributed by atoms with Crippen molar-refractivity contribution < 1.29 is 4.79 Å². The Kier molecular flexibility index (Phi) is 6.05. The van der Waals surface area contributed by atoms with Gasteiger partial charge in [0.05, 0.1) is 0 Å². The number of hydrogen-bond acceptors (Lipinski definition) is 5. The number of carbonyl (C=O) groups is 1. The molecule has 0 unspecified atom stereocenters. The molecule has 19 heavy (non-hydrogen) atoms. The SMILES string of the molecule is CCNc1ncnc(NCCCC(N)=O)c1C(C)C. The van der Waals surface area contributed by atoms with Crippen molar-refractivity contribution in [3.05, 3.63) is 11.9 Å². The first-order chi connectivity index (χ1) is 9.06. The molecule has 6 heteroatoms. The number of hydrogen-bond donors (Lipinski definition) is 3. The van der Waals surface area contributed by atoms with E-state index in [9.17, 15) is 4.79 Å². The summed E-state index contributed by atoms with van der Waals surface area (Å²) in [6.45, 7) is 7.73. The van der Waals surface area contributed by atoms with Gasteiger partial charge in [0.15, 0.2) is 0 Å². The van der Waals surface area contributed by atoms with Gasteiger partial charge in [-0.15, -0.1) is 0 Å². The Labute approximate surface area is 114 Å². The second-order valence-corrected chi connectivity index (χ2v) is 4.67. The maximum absolute atomic E-state index is 10.7. The largest absolute Gasteiger partial charge is 0.370 e. The van der Waals surface area contributed by atoms with Crippen LogP contribution in [0.15, 0.2) is 6.33 Å². The van der Waals surface area contributed by atoms with Crippen LogP contribution in [0.25, 0.3) is 0 Å². The zero-order chi connectivity index (χ0) is 14.3. The van der Waals surface area contributed by atoms with Crippen molar-refractivity contribution in [3.63, 3.8) is 0 Å². The van der Waals surface area contributed by atoms with Gasteiger partial charge in [-0.2, -0.15) is 0 Å². The molecule has 0 fully saturated rings. The zero-order valence-corrected chi connectivity index (χ0v) is 11.9. The number of nitrogens with two attached hydrogens (primary N) is 1. The third-order valence-electron chi connectivity index (χ3n) is 2.70. The smallest absolute Gasteiger partial charge is 0.217 e. The summed E-state index contributed by atoms with van der Waals surface area (Å²) in [7, 11) is 0. The number of amides is 1. The second-order valence-electron chi connectivity index (χ2n) is 4.67. The van der Waals surface area contributed by atoms with Crippen LogP contribution in [0.5, 0.6) is 0 Å². The molecule has 0 saturated carbocycles. The standard InChI is InChI=1S/C13H23N5O/c1-4-15-12-11(9(2)3)13(18-8-17-12)16-7-5-6-10(14)19/h8-9H,4-7H2,1-3H3,(H2,14,19)(H2,15,16,17,18). The molecule has 0 saturated heterocycles. The van der Waals surface area contributed by atoms with E-state index in [1.807, 2.05) is 6.92 Å². The molecule has 0 spiro atoms. The van der Waals surface area contributed by atoms with E-state index in [0.717, 1.165) is 23.7 Å². The van der Waals surface area contributed by atoms with E-state index < -0.39 is 0 Å². The van der Waals surface area contributed by atoms with Crippen LogP contribution in [0, 0.1) is 0 Å². The lowest BCUT2D eigenvalue weighted by Crippen LogP contribution is -2.15. The minimum atomic E-state index is -0.276. The Morgan fingerprint density at radius 2 is 1.95 bits per heavy atom. The summed E-state index contributed by atoms with van der Waals surface area (Å²) >= 11 is 0. The van der Waals surface area contributed by atoms with E-state index >= 15 is 0 Å². The van der Waals surface area contributed by atoms with Crippen LogP contribution in [0.3, 0.4) is 0 Å². The summed E-state index contributed by atoms with van der Waals surface area (Å²) < 4.78 is 0. The first kappa shape index (κ1) is 15.2. The van der Waals surface area contributed by atoms with E-state index in [1.54, 1.807) is 6.33 Å². The third-order valence-corrected chi connectivity index (χ3v) is 2.70. The van der Waals surface area contributed by atoms with Crippen molar-refractivity contribution in [2.75, 3.05) is 23.7 Å². The fourth-order valence-electron chi connectivity index (χ4n) is 1.86. The number of aromatic nitrogens is 2. The molecular formula is C13H23N5O. The molecule has 1 heterocycles. The molecule has 106 valence electrons. The summed E-state index contributed by atoms with van der Waals surface area (Å²) in [6, 6.07) is 0. The van der Waals surface area contributed by atoms with Crippen LogP contribution in [-0.2, 0) is 4.79 Å². The monoisotopic (exact) mass is 265 g/mol. The highest BCUT2D eigenvalue weighted by Crippen LogP contribution is 2.28. The van der Waals surface area contributed by atoms with Crippen molar-refractivity contribution in [2.24, 2.45) is 5.73 Å². The average molecular weight is 265 g/mol. The molecule has 1 aromatic heterocycles. The van der Waals surface area contributed by atoms with Crippen LogP contribution in [-0.4, -0.2) is 29.0 Å². The van der Waals surface area contributed by atoms with Gasteiger partial charge in [-0.1, -0.05) is 13.8 Å². The van der Waals surface area contributed by atoms with Gasteiger partial charge >= 0.3 is 0 Å². The van der Waals surface area contributed by atoms with Gasteiger partial charge in [-0.3, -0.25) is 4.79 Å².